The first-order chi connectivity index (χ1) is 10.4. The van der Waals surface area contributed by atoms with E-state index in [0.29, 0.717) is 19.4 Å². The van der Waals surface area contributed by atoms with E-state index in [-0.39, 0.29) is 11.8 Å². The van der Waals surface area contributed by atoms with Crippen molar-refractivity contribution < 1.29 is 14.3 Å². The molecular formula is C17H26N2O3. The highest BCUT2D eigenvalue weighted by Crippen LogP contribution is 2.08. The summed E-state index contributed by atoms with van der Waals surface area (Å²) in [5.74, 6) is -0.473. The minimum atomic E-state index is -0.688. The van der Waals surface area contributed by atoms with Crippen LogP contribution in [-0.2, 0) is 20.7 Å². The monoisotopic (exact) mass is 306 g/mol. The summed E-state index contributed by atoms with van der Waals surface area (Å²) in [5.41, 5.74) is 6.93. The van der Waals surface area contributed by atoms with Crippen LogP contribution in [0.15, 0.2) is 30.3 Å². The molecule has 5 heteroatoms. The minimum Gasteiger partial charge on any atom is -0.464 e. The summed E-state index contributed by atoms with van der Waals surface area (Å²) >= 11 is 0. The second-order valence-corrected chi connectivity index (χ2v) is 5.74. The zero-order valence-electron chi connectivity index (χ0n) is 13.5. The Morgan fingerprint density at radius 1 is 1.23 bits per heavy atom. The van der Waals surface area contributed by atoms with E-state index in [9.17, 15) is 9.59 Å². The van der Waals surface area contributed by atoms with Gasteiger partial charge in [0, 0.05) is 0 Å². The van der Waals surface area contributed by atoms with Crippen LogP contribution in [0, 0.1) is 5.92 Å². The Kier molecular flexibility index (Phi) is 7.60. The van der Waals surface area contributed by atoms with Gasteiger partial charge in [0.2, 0.25) is 5.91 Å². The normalized spacial score (nSPS) is 13.5. The maximum atomic E-state index is 12.2. The van der Waals surface area contributed by atoms with Crippen LogP contribution >= 0.6 is 0 Å². The largest absolute Gasteiger partial charge is 0.464 e. The predicted molar refractivity (Wildman–Crippen MR) is 86.1 cm³/mol. The number of nitrogens with two attached hydrogens (primary N) is 1. The van der Waals surface area contributed by atoms with E-state index >= 15 is 0 Å². The average molecular weight is 306 g/mol. The van der Waals surface area contributed by atoms with Gasteiger partial charge in [-0.05, 0) is 31.2 Å². The first-order valence-corrected chi connectivity index (χ1v) is 7.70. The van der Waals surface area contributed by atoms with Crippen molar-refractivity contribution in [1.29, 1.82) is 0 Å². The average Bonchev–Trinajstić information content (AvgIpc) is 2.47. The lowest BCUT2D eigenvalue weighted by molar-refractivity contribution is -0.148. The van der Waals surface area contributed by atoms with Gasteiger partial charge in [0.15, 0.2) is 0 Å². The summed E-state index contributed by atoms with van der Waals surface area (Å²) in [7, 11) is 0. The summed E-state index contributed by atoms with van der Waals surface area (Å²) in [6, 6.07) is 8.23. The fourth-order valence-electron chi connectivity index (χ4n) is 2.17. The molecule has 1 amide bonds. The molecule has 3 N–H and O–H groups in total. The molecule has 0 saturated carbocycles. The molecular weight excluding hydrogens is 280 g/mol. The summed E-state index contributed by atoms with van der Waals surface area (Å²) in [6.07, 6.45) is 0.965. The molecule has 0 heterocycles. The molecule has 0 radical (unpaired) electrons. The third kappa shape index (κ3) is 6.26. The number of ether oxygens (including phenoxy) is 1. The molecule has 0 bridgehead atoms. The van der Waals surface area contributed by atoms with E-state index in [1.165, 1.54) is 0 Å². The number of nitrogens with one attached hydrogen (secondary N) is 1. The number of rotatable bonds is 8. The van der Waals surface area contributed by atoms with Crippen LogP contribution in [0.1, 0.15) is 32.8 Å². The predicted octanol–water partition coefficient (Wildman–Crippen LogP) is 1.65. The number of carbonyl (C=O) groups is 2. The van der Waals surface area contributed by atoms with Crippen molar-refractivity contribution in [2.24, 2.45) is 11.7 Å². The highest BCUT2D eigenvalue weighted by molar-refractivity contribution is 5.87. The van der Waals surface area contributed by atoms with Crippen molar-refractivity contribution >= 4 is 11.9 Å². The highest BCUT2D eigenvalue weighted by Gasteiger charge is 2.25. The molecule has 22 heavy (non-hydrogen) atoms. The minimum absolute atomic E-state index is 0.264. The Morgan fingerprint density at radius 2 is 1.86 bits per heavy atom. The lowest BCUT2D eigenvalue weighted by Crippen LogP contribution is -2.50. The van der Waals surface area contributed by atoms with Crippen LogP contribution in [0.2, 0.25) is 0 Å². The Morgan fingerprint density at radius 3 is 2.41 bits per heavy atom. The molecule has 5 nitrogen and oxygen atoms in total. The Bertz CT molecular complexity index is 474. The van der Waals surface area contributed by atoms with Crippen molar-refractivity contribution in [2.75, 3.05) is 6.61 Å². The topological polar surface area (TPSA) is 81.4 Å². The number of hydrogen-bond acceptors (Lipinski definition) is 4. The maximum Gasteiger partial charge on any atom is 0.328 e. The Labute approximate surface area is 132 Å². The highest BCUT2D eigenvalue weighted by atomic mass is 16.5. The summed E-state index contributed by atoms with van der Waals surface area (Å²) in [4.78, 5) is 24.1. The first-order valence-electron chi connectivity index (χ1n) is 7.70. The van der Waals surface area contributed by atoms with Crippen LogP contribution in [0.4, 0.5) is 0 Å². The van der Waals surface area contributed by atoms with Gasteiger partial charge in [-0.3, -0.25) is 4.79 Å². The molecule has 0 aliphatic carbocycles. The zero-order valence-corrected chi connectivity index (χ0v) is 13.5. The Hall–Kier alpha value is -1.88. The van der Waals surface area contributed by atoms with E-state index in [0.717, 1.165) is 5.56 Å². The van der Waals surface area contributed by atoms with Crippen LogP contribution in [0.5, 0.6) is 0 Å². The number of hydrogen-bond donors (Lipinski definition) is 2. The van der Waals surface area contributed by atoms with Crippen molar-refractivity contribution in [3.63, 3.8) is 0 Å². The van der Waals surface area contributed by atoms with Crippen molar-refractivity contribution in [1.82, 2.24) is 5.32 Å². The van der Waals surface area contributed by atoms with Crippen molar-refractivity contribution in [3.8, 4) is 0 Å². The van der Waals surface area contributed by atoms with E-state index in [1.807, 2.05) is 44.2 Å². The zero-order chi connectivity index (χ0) is 16.5. The van der Waals surface area contributed by atoms with Gasteiger partial charge in [-0.1, -0.05) is 44.2 Å². The lowest BCUT2D eigenvalue weighted by atomic mass is 10.0. The van der Waals surface area contributed by atoms with E-state index < -0.39 is 18.1 Å². The van der Waals surface area contributed by atoms with Crippen LogP contribution < -0.4 is 11.1 Å². The number of esters is 1. The summed E-state index contributed by atoms with van der Waals surface area (Å²) < 4.78 is 5.01. The molecule has 0 aliphatic heterocycles. The third-order valence-electron chi connectivity index (χ3n) is 3.23. The quantitative estimate of drug-likeness (QED) is 0.716. The molecule has 1 aromatic rings. The fourth-order valence-corrected chi connectivity index (χ4v) is 2.17. The third-order valence-corrected chi connectivity index (χ3v) is 3.23. The van der Waals surface area contributed by atoms with Gasteiger partial charge in [0.25, 0.3) is 0 Å². The molecule has 0 spiro atoms. The lowest BCUT2D eigenvalue weighted by Gasteiger charge is -2.21. The maximum absolute atomic E-state index is 12.2. The van der Waals surface area contributed by atoms with Crippen molar-refractivity contribution in [2.45, 2.75) is 45.7 Å². The molecule has 0 aliphatic rings. The van der Waals surface area contributed by atoms with Gasteiger partial charge >= 0.3 is 5.97 Å². The molecule has 2 atom stereocenters. The van der Waals surface area contributed by atoms with E-state index in [1.54, 1.807) is 6.92 Å². The molecule has 0 aromatic heterocycles. The standard InChI is InChI=1S/C17H26N2O3/c1-4-22-17(21)15(10-12(2)3)19-16(20)14(18)11-13-8-6-5-7-9-13/h5-9,12,14-15H,4,10-11,18H2,1-3H3,(H,19,20). The molecule has 0 fully saturated rings. The Balaban J connectivity index is 2.62. The van der Waals surface area contributed by atoms with Gasteiger partial charge in [-0.15, -0.1) is 0 Å². The molecule has 1 aromatic carbocycles. The van der Waals surface area contributed by atoms with Gasteiger partial charge in [-0.2, -0.15) is 0 Å². The second-order valence-electron chi connectivity index (χ2n) is 5.74. The van der Waals surface area contributed by atoms with Crippen LogP contribution in [0.25, 0.3) is 0 Å². The molecule has 1 rings (SSSR count). The second kappa shape index (κ2) is 9.20. The van der Waals surface area contributed by atoms with Crippen LogP contribution in [0.3, 0.4) is 0 Å². The van der Waals surface area contributed by atoms with Gasteiger partial charge in [0.05, 0.1) is 12.6 Å². The number of benzene rings is 1. The van der Waals surface area contributed by atoms with Gasteiger partial charge in [-0.25, -0.2) is 4.79 Å². The molecule has 122 valence electrons. The van der Waals surface area contributed by atoms with E-state index in [4.69, 9.17) is 10.5 Å². The first kappa shape index (κ1) is 18.2. The SMILES string of the molecule is CCOC(=O)C(CC(C)C)NC(=O)C(N)Cc1ccccc1. The van der Waals surface area contributed by atoms with Gasteiger partial charge in [0.1, 0.15) is 6.04 Å². The summed E-state index contributed by atoms with van der Waals surface area (Å²) in [5, 5.41) is 2.71. The fraction of sp³-hybridized carbons (Fsp3) is 0.529. The van der Waals surface area contributed by atoms with Crippen LogP contribution in [-0.4, -0.2) is 30.6 Å². The van der Waals surface area contributed by atoms with Gasteiger partial charge < -0.3 is 15.8 Å². The molecule has 0 saturated heterocycles. The number of amides is 1. The van der Waals surface area contributed by atoms with Crippen molar-refractivity contribution in [3.05, 3.63) is 35.9 Å². The number of carbonyl (C=O) groups excluding carboxylic acids is 2. The van der Waals surface area contributed by atoms with E-state index in [2.05, 4.69) is 5.32 Å². The summed E-state index contributed by atoms with van der Waals surface area (Å²) in [6.45, 7) is 6.01. The molecule has 2 unspecified atom stereocenters. The smallest absolute Gasteiger partial charge is 0.328 e.